The highest BCUT2D eigenvalue weighted by molar-refractivity contribution is 5.43. The summed E-state index contributed by atoms with van der Waals surface area (Å²) in [4.78, 5) is 0. The van der Waals surface area contributed by atoms with E-state index in [4.69, 9.17) is 14.6 Å². The zero-order valence-corrected chi connectivity index (χ0v) is 11.2. The molecule has 2 rings (SSSR count). The van der Waals surface area contributed by atoms with E-state index in [0.717, 1.165) is 55.1 Å². The van der Waals surface area contributed by atoms with Crippen molar-refractivity contribution in [2.75, 3.05) is 19.8 Å². The summed E-state index contributed by atoms with van der Waals surface area (Å²) in [6.45, 7) is 6.63. The van der Waals surface area contributed by atoms with E-state index in [1.165, 1.54) is 0 Å². The Morgan fingerprint density at radius 3 is 2.39 bits per heavy atom. The van der Waals surface area contributed by atoms with E-state index in [2.05, 4.69) is 0 Å². The maximum absolute atomic E-state index is 9.16. The molecule has 18 heavy (non-hydrogen) atoms. The van der Waals surface area contributed by atoms with E-state index >= 15 is 0 Å². The second-order valence-corrected chi connectivity index (χ2v) is 5.08. The summed E-state index contributed by atoms with van der Waals surface area (Å²) < 4.78 is 11.3. The Labute approximate surface area is 109 Å². The Kier molecular flexibility index (Phi) is 4.61. The number of aryl methyl sites for hydroxylation is 2. The fourth-order valence-corrected chi connectivity index (χ4v) is 2.47. The Balaban J connectivity index is 2.00. The molecule has 100 valence electrons. The highest BCUT2D eigenvalue weighted by atomic mass is 16.5. The average Bonchev–Trinajstić information content (AvgIpc) is 2.38. The van der Waals surface area contributed by atoms with Crippen LogP contribution in [0.25, 0.3) is 0 Å². The molecule has 3 heteroatoms. The Morgan fingerprint density at radius 1 is 1.22 bits per heavy atom. The van der Waals surface area contributed by atoms with E-state index in [-0.39, 0.29) is 6.61 Å². The van der Waals surface area contributed by atoms with Crippen molar-refractivity contribution in [3.63, 3.8) is 0 Å². The molecule has 0 aliphatic carbocycles. The van der Waals surface area contributed by atoms with Crippen molar-refractivity contribution >= 4 is 0 Å². The molecule has 0 saturated carbocycles. The maximum Gasteiger partial charge on any atom is 0.125 e. The number of benzene rings is 1. The molecule has 3 nitrogen and oxygen atoms in total. The normalized spacial score (nSPS) is 16.8. The topological polar surface area (TPSA) is 38.7 Å². The number of aliphatic hydroxyl groups is 1. The lowest BCUT2D eigenvalue weighted by molar-refractivity contribution is 0.0495. The van der Waals surface area contributed by atoms with Crippen LogP contribution in [-0.4, -0.2) is 24.9 Å². The molecule has 0 spiro atoms. The van der Waals surface area contributed by atoms with Gasteiger partial charge in [-0.05, 0) is 49.3 Å². The van der Waals surface area contributed by atoms with E-state index in [1.54, 1.807) is 0 Å². The summed E-state index contributed by atoms with van der Waals surface area (Å²) in [5.74, 6) is 1.58. The summed E-state index contributed by atoms with van der Waals surface area (Å²) in [6.07, 6.45) is 2.18. The fourth-order valence-electron chi connectivity index (χ4n) is 2.47. The number of ether oxygens (including phenoxy) is 2. The van der Waals surface area contributed by atoms with Gasteiger partial charge in [0, 0.05) is 13.2 Å². The minimum absolute atomic E-state index is 0.0852. The monoisotopic (exact) mass is 250 g/mol. The molecule has 0 aromatic heterocycles. The lowest BCUT2D eigenvalue weighted by Gasteiger charge is -2.23. The first-order valence-corrected chi connectivity index (χ1v) is 6.62. The van der Waals surface area contributed by atoms with Gasteiger partial charge in [-0.2, -0.15) is 0 Å². The molecular formula is C15H22O3. The van der Waals surface area contributed by atoms with Crippen LogP contribution < -0.4 is 4.74 Å². The number of hydrogen-bond acceptors (Lipinski definition) is 3. The van der Waals surface area contributed by atoms with Gasteiger partial charge in [-0.1, -0.05) is 12.1 Å². The molecule has 0 atom stereocenters. The van der Waals surface area contributed by atoms with Crippen LogP contribution in [0.5, 0.6) is 5.75 Å². The Hall–Kier alpha value is -1.06. The van der Waals surface area contributed by atoms with Crippen LogP contribution in [0.4, 0.5) is 0 Å². The van der Waals surface area contributed by atoms with Crippen molar-refractivity contribution in [1.82, 2.24) is 0 Å². The molecule has 1 heterocycles. The maximum atomic E-state index is 9.16. The molecule has 1 aliphatic rings. The van der Waals surface area contributed by atoms with Crippen molar-refractivity contribution < 1.29 is 14.6 Å². The molecule has 1 N–H and O–H groups in total. The summed E-state index contributed by atoms with van der Waals surface area (Å²) in [5.41, 5.74) is 3.15. The molecule has 1 saturated heterocycles. The molecule has 1 aliphatic heterocycles. The van der Waals surface area contributed by atoms with Crippen molar-refractivity contribution in [2.45, 2.75) is 33.3 Å². The largest absolute Gasteiger partial charge is 0.493 e. The lowest BCUT2D eigenvalue weighted by atomic mass is 10.0. The SMILES string of the molecule is Cc1cc(CO)cc(C)c1OCC1CCOCC1. The van der Waals surface area contributed by atoms with Gasteiger partial charge in [-0.25, -0.2) is 0 Å². The zero-order chi connectivity index (χ0) is 13.0. The summed E-state index contributed by atoms with van der Waals surface area (Å²) in [6, 6.07) is 3.98. The highest BCUT2D eigenvalue weighted by Gasteiger charge is 2.15. The van der Waals surface area contributed by atoms with Gasteiger partial charge in [0.1, 0.15) is 5.75 Å². The molecule has 1 aromatic rings. The fraction of sp³-hybridized carbons (Fsp3) is 0.600. The van der Waals surface area contributed by atoms with Gasteiger partial charge in [0.05, 0.1) is 13.2 Å². The van der Waals surface area contributed by atoms with E-state index in [9.17, 15) is 0 Å². The third-order valence-corrected chi connectivity index (χ3v) is 3.51. The smallest absolute Gasteiger partial charge is 0.125 e. The minimum atomic E-state index is 0.0852. The first kappa shape index (κ1) is 13.4. The van der Waals surface area contributed by atoms with Crippen LogP contribution in [0.15, 0.2) is 12.1 Å². The molecule has 0 bridgehead atoms. The zero-order valence-electron chi connectivity index (χ0n) is 11.2. The second-order valence-electron chi connectivity index (χ2n) is 5.08. The standard InChI is InChI=1S/C15H22O3/c1-11-7-14(9-16)8-12(2)15(11)18-10-13-3-5-17-6-4-13/h7-8,13,16H,3-6,9-10H2,1-2H3. The van der Waals surface area contributed by atoms with Crippen molar-refractivity contribution in [1.29, 1.82) is 0 Å². The second kappa shape index (κ2) is 6.21. The Bertz CT molecular complexity index is 372. The number of aliphatic hydroxyl groups excluding tert-OH is 1. The first-order valence-electron chi connectivity index (χ1n) is 6.62. The molecule has 0 unspecified atom stereocenters. The van der Waals surface area contributed by atoms with Gasteiger partial charge in [-0.3, -0.25) is 0 Å². The van der Waals surface area contributed by atoms with Gasteiger partial charge < -0.3 is 14.6 Å². The third kappa shape index (κ3) is 3.24. The lowest BCUT2D eigenvalue weighted by Crippen LogP contribution is -2.21. The molecule has 1 aromatic carbocycles. The van der Waals surface area contributed by atoms with Crippen LogP contribution in [0.2, 0.25) is 0 Å². The van der Waals surface area contributed by atoms with Crippen LogP contribution in [0, 0.1) is 19.8 Å². The van der Waals surface area contributed by atoms with Crippen LogP contribution in [-0.2, 0) is 11.3 Å². The molecule has 0 radical (unpaired) electrons. The van der Waals surface area contributed by atoms with Crippen LogP contribution in [0.1, 0.15) is 29.5 Å². The van der Waals surface area contributed by atoms with Crippen molar-refractivity contribution in [3.05, 3.63) is 28.8 Å². The van der Waals surface area contributed by atoms with Crippen molar-refractivity contribution in [3.8, 4) is 5.75 Å². The van der Waals surface area contributed by atoms with E-state index in [0.29, 0.717) is 5.92 Å². The summed E-state index contributed by atoms with van der Waals surface area (Å²) in [5, 5.41) is 9.16. The number of hydrogen-bond donors (Lipinski definition) is 1. The third-order valence-electron chi connectivity index (χ3n) is 3.51. The quantitative estimate of drug-likeness (QED) is 0.892. The molecule has 0 amide bonds. The van der Waals surface area contributed by atoms with E-state index in [1.807, 2.05) is 26.0 Å². The van der Waals surface area contributed by atoms with Gasteiger partial charge in [-0.15, -0.1) is 0 Å². The Morgan fingerprint density at radius 2 is 1.83 bits per heavy atom. The van der Waals surface area contributed by atoms with Crippen molar-refractivity contribution in [2.24, 2.45) is 5.92 Å². The van der Waals surface area contributed by atoms with E-state index < -0.39 is 0 Å². The van der Waals surface area contributed by atoms with Gasteiger partial charge in [0.2, 0.25) is 0 Å². The highest BCUT2D eigenvalue weighted by Crippen LogP contribution is 2.26. The van der Waals surface area contributed by atoms with Crippen LogP contribution in [0.3, 0.4) is 0 Å². The molecule has 1 fully saturated rings. The number of rotatable bonds is 4. The van der Waals surface area contributed by atoms with Crippen LogP contribution >= 0.6 is 0 Å². The molecular weight excluding hydrogens is 228 g/mol. The summed E-state index contributed by atoms with van der Waals surface area (Å²) >= 11 is 0. The summed E-state index contributed by atoms with van der Waals surface area (Å²) in [7, 11) is 0. The average molecular weight is 250 g/mol. The van der Waals surface area contributed by atoms with Gasteiger partial charge in [0.15, 0.2) is 0 Å². The van der Waals surface area contributed by atoms with Gasteiger partial charge >= 0.3 is 0 Å². The van der Waals surface area contributed by atoms with Gasteiger partial charge in [0.25, 0.3) is 0 Å². The minimum Gasteiger partial charge on any atom is -0.493 e. The predicted octanol–water partition coefficient (Wildman–Crippen LogP) is 2.60. The predicted molar refractivity (Wildman–Crippen MR) is 70.9 cm³/mol. The first-order chi connectivity index (χ1) is 8.70.